The maximum Gasteiger partial charge on any atom is 0.418 e. The van der Waals surface area contributed by atoms with Gasteiger partial charge in [-0.25, -0.2) is 0 Å². The van der Waals surface area contributed by atoms with Gasteiger partial charge in [-0.1, -0.05) is 26.3 Å². The Morgan fingerprint density at radius 2 is 2.05 bits per heavy atom. The van der Waals surface area contributed by atoms with Crippen molar-refractivity contribution in [2.75, 3.05) is 5.32 Å². The topological polar surface area (TPSA) is 55.1 Å². The van der Waals surface area contributed by atoms with Crippen LogP contribution in [0.3, 0.4) is 0 Å². The van der Waals surface area contributed by atoms with E-state index in [9.17, 15) is 18.0 Å². The van der Waals surface area contributed by atoms with E-state index in [0.29, 0.717) is 12.0 Å². The standard InChI is InChI=1S/C14H19F3N2O/c1-3-4-9(2)13(20)19-12-6-5-10(8-18)7-11(12)14(15,16)17/h5-7,9H,3-4,8,18H2,1-2H3,(H,19,20). The lowest BCUT2D eigenvalue weighted by Crippen LogP contribution is -2.22. The SMILES string of the molecule is CCCC(C)C(=O)Nc1ccc(CN)cc1C(F)(F)F. The van der Waals surface area contributed by atoms with Crippen LogP contribution in [0.4, 0.5) is 18.9 Å². The van der Waals surface area contributed by atoms with Crippen molar-refractivity contribution in [1.82, 2.24) is 0 Å². The molecule has 0 aliphatic heterocycles. The maximum atomic E-state index is 13.0. The van der Waals surface area contributed by atoms with E-state index in [2.05, 4.69) is 5.32 Å². The van der Waals surface area contributed by atoms with Crippen LogP contribution in [0.25, 0.3) is 0 Å². The molecule has 0 radical (unpaired) electrons. The average molecular weight is 288 g/mol. The number of anilines is 1. The summed E-state index contributed by atoms with van der Waals surface area (Å²) in [5.74, 6) is -0.729. The Hall–Kier alpha value is -1.56. The molecule has 0 aliphatic rings. The van der Waals surface area contributed by atoms with E-state index >= 15 is 0 Å². The fourth-order valence-corrected chi connectivity index (χ4v) is 1.88. The summed E-state index contributed by atoms with van der Waals surface area (Å²) in [6, 6.07) is 3.71. The molecule has 20 heavy (non-hydrogen) atoms. The van der Waals surface area contributed by atoms with Crippen LogP contribution in [0.15, 0.2) is 18.2 Å². The lowest BCUT2D eigenvalue weighted by molar-refractivity contribution is -0.137. The van der Waals surface area contributed by atoms with Crippen LogP contribution < -0.4 is 11.1 Å². The van der Waals surface area contributed by atoms with Crippen LogP contribution in [0.5, 0.6) is 0 Å². The number of alkyl halides is 3. The highest BCUT2D eigenvalue weighted by atomic mass is 19.4. The van der Waals surface area contributed by atoms with Crippen molar-refractivity contribution in [3.8, 4) is 0 Å². The Morgan fingerprint density at radius 3 is 2.55 bits per heavy atom. The summed E-state index contributed by atoms with van der Waals surface area (Å²) >= 11 is 0. The summed E-state index contributed by atoms with van der Waals surface area (Å²) in [7, 11) is 0. The highest BCUT2D eigenvalue weighted by molar-refractivity contribution is 5.93. The molecule has 112 valence electrons. The molecule has 0 fully saturated rings. The van der Waals surface area contributed by atoms with E-state index in [-0.39, 0.29) is 18.2 Å². The summed E-state index contributed by atoms with van der Waals surface area (Å²) < 4.78 is 38.9. The molecule has 6 heteroatoms. The number of benzene rings is 1. The molecule has 1 atom stereocenters. The van der Waals surface area contributed by atoms with Crippen molar-refractivity contribution in [3.63, 3.8) is 0 Å². The van der Waals surface area contributed by atoms with Crippen LogP contribution in [0.1, 0.15) is 37.8 Å². The number of hydrogen-bond donors (Lipinski definition) is 2. The summed E-state index contributed by atoms with van der Waals surface area (Å²) in [4.78, 5) is 11.8. The number of halogens is 3. The van der Waals surface area contributed by atoms with Gasteiger partial charge in [0.25, 0.3) is 0 Å². The lowest BCUT2D eigenvalue weighted by atomic mass is 10.0. The first-order chi connectivity index (χ1) is 9.29. The molecule has 0 bridgehead atoms. The van der Waals surface area contributed by atoms with Gasteiger partial charge in [0, 0.05) is 12.5 Å². The Bertz CT molecular complexity index is 472. The predicted octanol–water partition coefficient (Wildman–Crippen LogP) is 3.54. The summed E-state index contributed by atoms with van der Waals surface area (Å²) in [6.07, 6.45) is -3.09. The Balaban J connectivity index is 3.03. The van der Waals surface area contributed by atoms with E-state index in [0.717, 1.165) is 12.5 Å². The molecule has 0 aliphatic carbocycles. The van der Waals surface area contributed by atoms with Crippen LogP contribution in [-0.4, -0.2) is 5.91 Å². The highest BCUT2D eigenvalue weighted by Gasteiger charge is 2.34. The van der Waals surface area contributed by atoms with Crippen LogP contribution in [0, 0.1) is 5.92 Å². The molecule has 0 saturated heterocycles. The lowest BCUT2D eigenvalue weighted by Gasteiger charge is -2.17. The number of carbonyl (C=O) groups excluding carboxylic acids is 1. The number of nitrogens with two attached hydrogens (primary N) is 1. The molecule has 1 aromatic carbocycles. The molecule has 0 heterocycles. The van der Waals surface area contributed by atoms with E-state index in [1.807, 2.05) is 6.92 Å². The van der Waals surface area contributed by atoms with Crippen molar-refractivity contribution in [2.45, 2.75) is 39.4 Å². The molecular formula is C14H19F3N2O. The molecule has 0 spiro atoms. The fraction of sp³-hybridized carbons (Fsp3) is 0.500. The van der Waals surface area contributed by atoms with Gasteiger partial charge in [0.1, 0.15) is 0 Å². The first-order valence-electron chi connectivity index (χ1n) is 6.50. The van der Waals surface area contributed by atoms with Gasteiger partial charge in [0.15, 0.2) is 0 Å². The van der Waals surface area contributed by atoms with Crippen molar-refractivity contribution in [1.29, 1.82) is 0 Å². The van der Waals surface area contributed by atoms with E-state index < -0.39 is 17.6 Å². The highest BCUT2D eigenvalue weighted by Crippen LogP contribution is 2.35. The summed E-state index contributed by atoms with van der Waals surface area (Å²) in [6.45, 7) is 3.63. The third-order valence-corrected chi connectivity index (χ3v) is 3.05. The molecule has 1 amide bonds. The number of rotatable bonds is 5. The smallest absolute Gasteiger partial charge is 0.326 e. The van der Waals surface area contributed by atoms with Gasteiger partial charge in [-0.15, -0.1) is 0 Å². The quantitative estimate of drug-likeness (QED) is 0.870. The van der Waals surface area contributed by atoms with Gasteiger partial charge in [-0.3, -0.25) is 4.79 Å². The third kappa shape index (κ3) is 4.23. The zero-order valence-corrected chi connectivity index (χ0v) is 11.6. The van der Waals surface area contributed by atoms with Crippen molar-refractivity contribution >= 4 is 11.6 Å². The minimum atomic E-state index is -4.53. The molecule has 3 N–H and O–H groups in total. The van der Waals surface area contributed by atoms with E-state index in [1.54, 1.807) is 6.92 Å². The van der Waals surface area contributed by atoms with Gasteiger partial charge >= 0.3 is 6.18 Å². The van der Waals surface area contributed by atoms with Gasteiger partial charge < -0.3 is 11.1 Å². The number of hydrogen-bond acceptors (Lipinski definition) is 2. The monoisotopic (exact) mass is 288 g/mol. The Labute approximate surface area is 116 Å². The minimum absolute atomic E-state index is 0.0174. The first kappa shape index (κ1) is 16.5. The number of nitrogens with one attached hydrogen (secondary N) is 1. The van der Waals surface area contributed by atoms with Crippen molar-refractivity contribution < 1.29 is 18.0 Å². The van der Waals surface area contributed by atoms with Crippen LogP contribution in [-0.2, 0) is 17.5 Å². The van der Waals surface area contributed by atoms with Gasteiger partial charge in [0.2, 0.25) is 5.91 Å². The largest absolute Gasteiger partial charge is 0.418 e. The first-order valence-corrected chi connectivity index (χ1v) is 6.50. The van der Waals surface area contributed by atoms with E-state index in [1.165, 1.54) is 12.1 Å². The second-order valence-corrected chi connectivity index (χ2v) is 4.76. The zero-order valence-electron chi connectivity index (χ0n) is 11.6. The third-order valence-electron chi connectivity index (χ3n) is 3.05. The minimum Gasteiger partial charge on any atom is -0.326 e. The number of amides is 1. The zero-order chi connectivity index (χ0) is 15.3. The van der Waals surface area contributed by atoms with Crippen LogP contribution >= 0.6 is 0 Å². The normalized spacial score (nSPS) is 13.1. The Morgan fingerprint density at radius 1 is 1.40 bits per heavy atom. The molecule has 1 aromatic rings. The molecule has 3 nitrogen and oxygen atoms in total. The predicted molar refractivity (Wildman–Crippen MR) is 72.0 cm³/mol. The van der Waals surface area contributed by atoms with Gasteiger partial charge in [0.05, 0.1) is 11.3 Å². The van der Waals surface area contributed by atoms with Crippen molar-refractivity contribution in [3.05, 3.63) is 29.3 Å². The Kier molecular flexibility index (Phi) is 5.56. The molecule has 1 unspecified atom stereocenters. The second-order valence-electron chi connectivity index (χ2n) is 4.76. The fourth-order valence-electron chi connectivity index (χ4n) is 1.88. The number of carbonyl (C=O) groups is 1. The van der Waals surface area contributed by atoms with Crippen molar-refractivity contribution in [2.24, 2.45) is 11.7 Å². The molecule has 1 rings (SSSR count). The molecule has 0 aromatic heterocycles. The van der Waals surface area contributed by atoms with Gasteiger partial charge in [-0.2, -0.15) is 13.2 Å². The summed E-state index contributed by atoms with van der Waals surface area (Å²) in [5.41, 5.74) is 4.64. The average Bonchev–Trinajstić information content (AvgIpc) is 2.38. The molecule has 0 saturated carbocycles. The van der Waals surface area contributed by atoms with Crippen LogP contribution in [0.2, 0.25) is 0 Å². The maximum absolute atomic E-state index is 13.0. The van der Waals surface area contributed by atoms with E-state index in [4.69, 9.17) is 5.73 Å². The molecular weight excluding hydrogens is 269 g/mol. The second kappa shape index (κ2) is 6.74. The summed E-state index contributed by atoms with van der Waals surface area (Å²) in [5, 5.41) is 2.35. The van der Waals surface area contributed by atoms with Gasteiger partial charge in [-0.05, 0) is 24.1 Å².